The monoisotopic (exact) mass is 458 g/mol. The molecule has 1 unspecified atom stereocenters. The van der Waals surface area contributed by atoms with Crippen LogP contribution in [0.3, 0.4) is 0 Å². The Labute approximate surface area is 206 Å². The number of Topliss-reactive ketones (excluding diaryl/α,β-unsaturated/α-hetero) is 1. The van der Waals surface area contributed by atoms with Crippen LogP contribution in [-0.4, -0.2) is 5.78 Å². The molecule has 182 valence electrons. The standard InChI is InChI=1S/C31H42N2O/c1-19(2)21-10-13-31(18-33)15-14-29(6)22(25(21)31)8-9-24-28(5)16-20(17-32)26(34)27(3,4)23(28)11-12-30(24,29)7/h16,21-25H,1,8-15H2,2-7H3/t21-,22+,23-,24?,25+,28-,29+,30+,31+/m0/s1. The van der Waals surface area contributed by atoms with Gasteiger partial charge in [-0.2, -0.15) is 10.5 Å². The molecule has 0 amide bonds. The highest BCUT2D eigenvalue weighted by Gasteiger charge is 2.71. The maximum absolute atomic E-state index is 13.2. The molecule has 4 saturated carbocycles. The number of hydrogen-bond acceptors (Lipinski definition) is 3. The van der Waals surface area contributed by atoms with E-state index < -0.39 is 5.41 Å². The highest BCUT2D eigenvalue weighted by molar-refractivity contribution is 6.04. The molecule has 5 aliphatic carbocycles. The van der Waals surface area contributed by atoms with E-state index >= 15 is 0 Å². The summed E-state index contributed by atoms with van der Waals surface area (Å²) in [5, 5.41) is 20.3. The fraction of sp³-hybridized carbons (Fsp3) is 0.774. The number of ketones is 1. The molecule has 3 nitrogen and oxygen atoms in total. The summed E-state index contributed by atoms with van der Waals surface area (Å²) >= 11 is 0. The van der Waals surface area contributed by atoms with E-state index in [0.29, 0.717) is 29.2 Å². The second kappa shape index (κ2) is 7.09. The van der Waals surface area contributed by atoms with Crippen LogP contribution in [0.5, 0.6) is 0 Å². The predicted octanol–water partition coefficient (Wildman–Crippen LogP) is 7.41. The lowest BCUT2D eigenvalue weighted by molar-refractivity contribution is -0.213. The van der Waals surface area contributed by atoms with Crippen LogP contribution in [0, 0.1) is 79.3 Å². The number of nitriles is 2. The van der Waals surface area contributed by atoms with Gasteiger partial charge in [-0.3, -0.25) is 4.79 Å². The molecule has 0 N–H and O–H groups in total. The number of carbonyl (C=O) groups excluding carboxylic acids is 1. The Bertz CT molecular complexity index is 1070. The molecular weight excluding hydrogens is 416 g/mol. The van der Waals surface area contributed by atoms with Gasteiger partial charge in [0.1, 0.15) is 6.07 Å². The Balaban J connectivity index is 1.62. The fourth-order valence-corrected chi connectivity index (χ4v) is 10.9. The van der Waals surface area contributed by atoms with Gasteiger partial charge < -0.3 is 0 Å². The highest BCUT2D eigenvalue weighted by atomic mass is 16.1. The Kier molecular flexibility index (Phi) is 4.97. The van der Waals surface area contributed by atoms with Crippen molar-refractivity contribution in [3.8, 4) is 12.1 Å². The average Bonchev–Trinajstić information content (AvgIpc) is 3.17. The molecule has 5 rings (SSSR count). The van der Waals surface area contributed by atoms with Crippen molar-refractivity contribution in [3.63, 3.8) is 0 Å². The summed E-state index contributed by atoms with van der Waals surface area (Å²) in [4.78, 5) is 13.2. The molecular formula is C31H42N2O. The van der Waals surface area contributed by atoms with Crippen molar-refractivity contribution in [1.29, 1.82) is 10.5 Å². The topological polar surface area (TPSA) is 64.7 Å². The van der Waals surface area contributed by atoms with Gasteiger partial charge in [0.2, 0.25) is 0 Å². The van der Waals surface area contributed by atoms with E-state index in [0.717, 1.165) is 51.4 Å². The minimum atomic E-state index is -0.493. The molecule has 0 aliphatic heterocycles. The van der Waals surface area contributed by atoms with Crippen molar-refractivity contribution in [2.45, 2.75) is 92.9 Å². The zero-order valence-corrected chi connectivity index (χ0v) is 22.1. The fourth-order valence-electron chi connectivity index (χ4n) is 10.9. The molecule has 0 saturated heterocycles. The summed E-state index contributed by atoms with van der Waals surface area (Å²) in [6.45, 7) is 18.2. The molecule has 0 bridgehead atoms. The van der Waals surface area contributed by atoms with E-state index in [2.05, 4.69) is 66.3 Å². The van der Waals surface area contributed by atoms with Gasteiger partial charge in [-0.15, -0.1) is 0 Å². The number of hydrogen-bond donors (Lipinski definition) is 0. The first kappa shape index (κ1) is 23.9. The van der Waals surface area contributed by atoms with Crippen molar-refractivity contribution in [2.75, 3.05) is 0 Å². The minimum Gasteiger partial charge on any atom is -0.293 e. The van der Waals surface area contributed by atoms with Gasteiger partial charge in [-0.25, -0.2) is 0 Å². The van der Waals surface area contributed by atoms with E-state index in [-0.39, 0.29) is 33.4 Å². The first-order valence-electron chi connectivity index (χ1n) is 13.6. The van der Waals surface area contributed by atoms with Crippen molar-refractivity contribution in [2.24, 2.45) is 56.7 Å². The molecule has 0 heterocycles. The SMILES string of the molecule is C=C(C)[C@@H]1CC[C@]2(C#N)CC[C@]3(C)[C@H](CCC4[C@@]5(C)C=C(C#N)C(=O)C(C)(C)[C@@H]5CC[C@]43C)[C@@H]12. The van der Waals surface area contributed by atoms with Gasteiger partial charge in [-0.1, -0.05) is 52.8 Å². The zero-order valence-electron chi connectivity index (χ0n) is 22.1. The number of carbonyl (C=O) groups is 1. The van der Waals surface area contributed by atoms with Crippen LogP contribution in [-0.2, 0) is 4.79 Å². The first-order chi connectivity index (χ1) is 15.8. The van der Waals surface area contributed by atoms with Gasteiger partial charge >= 0.3 is 0 Å². The summed E-state index contributed by atoms with van der Waals surface area (Å²) in [5.41, 5.74) is 1.14. The number of allylic oxidation sites excluding steroid dienone is 3. The summed E-state index contributed by atoms with van der Waals surface area (Å²) in [6.07, 6.45) is 10.8. The number of fused-ring (bicyclic) bond motifs is 7. The van der Waals surface area contributed by atoms with Crippen LogP contribution in [0.15, 0.2) is 23.8 Å². The van der Waals surface area contributed by atoms with Crippen LogP contribution in [0.1, 0.15) is 92.9 Å². The second-order valence-electron chi connectivity index (χ2n) is 14.0. The van der Waals surface area contributed by atoms with Gasteiger partial charge in [0, 0.05) is 5.41 Å². The van der Waals surface area contributed by atoms with E-state index in [1.807, 2.05) is 0 Å². The Morgan fingerprint density at radius 2 is 1.65 bits per heavy atom. The molecule has 5 aliphatic rings. The van der Waals surface area contributed by atoms with Crippen LogP contribution in [0.25, 0.3) is 0 Å². The third-order valence-corrected chi connectivity index (χ3v) is 12.7. The molecule has 4 fully saturated rings. The maximum Gasteiger partial charge on any atom is 0.178 e. The molecule has 0 aromatic heterocycles. The lowest BCUT2D eigenvalue weighted by Crippen LogP contribution is -2.65. The number of rotatable bonds is 1. The van der Waals surface area contributed by atoms with E-state index in [4.69, 9.17) is 0 Å². The third kappa shape index (κ3) is 2.60. The average molecular weight is 459 g/mol. The summed E-state index contributed by atoms with van der Waals surface area (Å²) in [7, 11) is 0. The Hall–Kier alpha value is -1.87. The van der Waals surface area contributed by atoms with Gasteiger partial charge in [-0.05, 0) is 104 Å². The Morgan fingerprint density at radius 3 is 2.26 bits per heavy atom. The van der Waals surface area contributed by atoms with Gasteiger partial charge in [0.15, 0.2) is 5.78 Å². The minimum absolute atomic E-state index is 0.0349. The van der Waals surface area contributed by atoms with Crippen LogP contribution < -0.4 is 0 Å². The third-order valence-electron chi connectivity index (χ3n) is 12.7. The molecule has 0 radical (unpaired) electrons. The van der Waals surface area contributed by atoms with Crippen LogP contribution >= 0.6 is 0 Å². The summed E-state index contributed by atoms with van der Waals surface area (Å²) < 4.78 is 0. The molecule has 0 aromatic carbocycles. The summed E-state index contributed by atoms with van der Waals surface area (Å²) in [6, 6.07) is 5.12. The highest BCUT2D eigenvalue weighted by Crippen LogP contribution is 2.76. The first-order valence-corrected chi connectivity index (χ1v) is 13.6. The quantitative estimate of drug-likeness (QED) is 0.384. The number of nitrogens with zero attached hydrogens (tertiary/aromatic N) is 2. The molecule has 34 heavy (non-hydrogen) atoms. The van der Waals surface area contributed by atoms with E-state index in [1.54, 1.807) is 0 Å². The zero-order chi connectivity index (χ0) is 24.9. The lowest BCUT2D eigenvalue weighted by atomic mass is 9.33. The van der Waals surface area contributed by atoms with Crippen LogP contribution in [0.4, 0.5) is 0 Å². The largest absolute Gasteiger partial charge is 0.293 e. The van der Waals surface area contributed by atoms with Crippen molar-refractivity contribution in [3.05, 3.63) is 23.8 Å². The molecule has 9 atom stereocenters. The van der Waals surface area contributed by atoms with Crippen molar-refractivity contribution < 1.29 is 4.79 Å². The molecule has 0 spiro atoms. The predicted molar refractivity (Wildman–Crippen MR) is 134 cm³/mol. The smallest absolute Gasteiger partial charge is 0.178 e. The molecule has 0 aromatic rings. The normalized spacial score (nSPS) is 51.0. The van der Waals surface area contributed by atoms with Gasteiger partial charge in [0.25, 0.3) is 0 Å². The second-order valence-corrected chi connectivity index (χ2v) is 14.0. The van der Waals surface area contributed by atoms with E-state index in [9.17, 15) is 15.3 Å². The Morgan fingerprint density at radius 1 is 0.941 bits per heavy atom. The maximum atomic E-state index is 13.2. The summed E-state index contributed by atoms with van der Waals surface area (Å²) in [5.74, 6) is 2.20. The van der Waals surface area contributed by atoms with Crippen molar-refractivity contribution in [1.82, 2.24) is 0 Å². The van der Waals surface area contributed by atoms with Crippen LogP contribution in [0.2, 0.25) is 0 Å². The lowest BCUT2D eigenvalue weighted by Gasteiger charge is -2.71. The van der Waals surface area contributed by atoms with Gasteiger partial charge in [0.05, 0.1) is 17.1 Å². The van der Waals surface area contributed by atoms with E-state index in [1.165, 1.54) is 5.57 Å². The molecule has 3 heteroatoms. The van der Waals surface area contributed by atoms with Crippen molar-refractivity contribution >= 4 is 5.78 Å².